The maximum Gasteiger partial charge on any atom is 0.386 e. The topological polar surface area (TPSA) is 169 Å². The zero-order chi connectivity index (χ0) is 34.4. The third-order valence-electron chi connectivity index (χ3n) is 7.83. The van der Waals surface area contributed by atoms with E-state index in [1.807, 2.05) is 0 Å². The van der Waals surface area contributed by atoms with Crippen LogP contribution in [0.4, 0.5) is 0 Å². The lowest BCUT2D eigenvalue weighted by atomic mass is 10.1. The predicted octanol–water partition coefficient (Wildman–Crippen LogP) is 6.60. The van der Waals surface area contributed by atoms with Gasteiger partial charge < -0.3 is 29.1 Å². The minimum absolute atomic E-state index is 0.113. The van der Waals surface area contributed by atoms with Crippen LogP contribution in [-0.4, -0.2) is 84.0 Å². The van der Waals surface area contributed by atoms with Gasteiger partial charge in [0.25, 0.3) is 0 Å². The number of aliphatic hydroxyl groups excluding tert-OH is 2. The van der Waals surface area contributed by atoms with Gasteiger partial charge in [-0.25, -0.2) is 14.5 Å². The fraction of sp³-hybridized carbons (Fsp3) is 0.417. The molecule has 3 aliphatic heterocycles. The zero-order valence-electron chi connectivity index (χ0n) is 23.3. The van der Waals surface area contributed by atoms with Crippen molar-refractivity contribution in [3.05, 3.63) is 54.9 Å². The summed E-state index contributed by atoms with van der Waals surface area (Å²) in [5.74, 6) is 0. The third-order valence-corrected chi connectivity index (χ3v) is 13.0. The molecule has 2 aromatic carbocycles. The Hall–Kier alpha value is -0.0100. The normalized spacial score (nSPS) is 36.2. The van der Waals surface area contributed by atoms with Crippen molar-refractivity contribution >= 4 is 129 Å². The summed E-state index contributed by atoms with van der Waals surface area (Å²) in [4.78, 5) is 19.7. The van der Waals surface area contributed by atoms with E-state index in [-0.39, 0.29) is 30.7 Å². The average Bonchev–Trinajstić information content (AvgIpc) is 3.67. The Balaban J connectivity index is 1.24. The van der Waals surface area contributed by atoms with Crippen molar-refractivity contribution in [3.63, 3.8) is 0 Å². The van der Waals surface area contributed by atoms with E-state index in [4.69, 9.17) is 109 Å². The molecule has 3 saturated heterocycles. The van der Waals surface area contributed by atoms with Crippen LogP contribution in [0.1, 0.15) is 12.5 Å². The Morgan fingerprint density at radius 3 is 1.65 bits per heavy atom. The van der Waals surface area contributed by atoms with E-state index >= 15 is 0 Å². The molecule has 0 spiro atoms. The minimum Gasteiger partial charge on any atom is -0.387 e. The molecule has 10 atom stereocenters. The zero-order valence-corrected chi connectivity index (χ0v) is 31.4. The van der Waals surface area contributed by atoms with E-state index in [9.17, 15) is 19.7 Å². The van der Waals surface area contributed by atoms with Crippen LogP contribution in [0.3, 0.4) is 0 Å². The van der Waals surface area contributed by atoms with Crippen molar-refractivity contribution in [2.45, 2.75) is 49.1 Å². The number of aliphatic hydroxyl groups is 2. The quantitative estimate of drug-likeness (QED) is 0.126. The second-order valence-electron chi connectivity index (χ2n) is 10.8. The monoisotopic (exact) mass is 860 g/mol. The molecule has 0 amide bonds. The second-order valence-corrected chi connectivity index (χ2v) is 18.8. The number of benzene rings is 2. The van der Waals surface area contributed by atoms with Gasteiger partial charge in [0.2, 0.25) is 10.6 Å². The first-order valence-corrected chi connectivity index (χ1v) is 21.1. The lowest BCUT2D eigenvalue weighted by molar-refractivity contribution is -0.0597. The van der Waals surface area contributed by atoms with Gasteiger partial charge >= 0.3 is 13.5 Å². The number of hydrogen-bond acceptors (Lipinski definition) is 12. The van der Waals surface area contributed by atoms with Gasteiger partial charge in [-0.1, -0.05) is 58.7 Å². The summed E-state index contributed by atoms with van der Waals surface area (Å²) in [5.41, 5.74) is 1.33. The molecule has 3 aliphatic rings. The van der Waals surface area contributed by atoms with Gasteiger partial charge in [0.05, 0.1) is 55.4 Å². The highest BCUT2D eigenvalue weighted by atomic mass is 35.5. The number of nitrogens with zero attached hydrogens (tertiary/aromatic N) is 4. The molecule has 7 rings (SSSR count). The summed E-state index contributed by atoms with van der Waals surface area (Å²) in [6, 6.07) is 5.90. The Morgan fingerprint density at radius 2 is 1.17 bits per heavy atom. The van der Waals surface area contributed by atoms with Gasteiger partial charge in [0.15, 0.2) is 12.5 Å². The first-order chi connectivity index (χ1) is 22.5. The molecular weight excluding hydrogens is 843 g/mol. The first-order valence-electron chi connectivity index (χ1n) is 13.6. The van der Waals surface area contributed by atoms with Gasteiger partial charge in [-0.2, -0.15) is 0 Å². The van der Waals surface area contributed by atoms with E-state index < -0.39 is 75.8 Å². The third kappa shape index (κ3) is 6.69. The summed E-state index contributed by atoms with van der Waals surface area (Å²) < 4.78 is 51.2. The summed E-state index contributed by atoms with van der Waals surface area (Å²) in [7, 11) is 0. The highest BCUT2D eigenvalue weighted by Crippen LogP contribution is 2.58. The highest BCUT2D eigenvalue weighted by molar-refractivity contribution is 8.44. The van der Waals surface area contributed by atoms with E-state index in [0.717, 1.165) is 0 Å². The molecule has 0 radical (unpaired) electrons. The molecule has 5 heterocycles. The van der Waals surface area contributed by atoms with Crippen LogP contribution in [0, 0.1) is 0 Å². The maximum atomic E-state index is 13.7. The van der Waals surface area contributed by atoms with Crippen molar-refractivity contribution in [2.75, 3.05) is 13.2 Å². The molecule has 260 valence electrons. The van der Waals surface area contributed by atoms with Crippen molar-refractivity contribution in [2.24, 2.45) is 0 Å². The average molecular weight is 863 g/mol. The summed E-state index contributed by atoms with van der Waals surface area (Å²) in [6.45, 7) is -9.80. The number of thiol groups is 1. The highest BCUT2D eigenvalue weighted by Gasteiger charge is 2.53. The number of halogens is 6. The van der Waals surface area contributed by atoms with Crippen LogP contribution in [0.15, 0.2) is 24.3 Å². The molecule has 3 N–H and O–H groups in total. The Kier molecular flexibility index (Phi) is 10.2. The molecular formula is C24H20Cl6N4O10P2S2. The van der Waals surface area contributed by atoms with E-state index in [1.165, 1.54) is 33.4 Å². The number of hydrogen-bond donors (Lipinski definition) is 4. The van der Waals surface area contributed by atoms with Crippen LogP contribution < -0.4 is 0 Å². The van der Waals surface area contributed by atoms with Crippen LogP contribution >= 0.6 is 95.4 Å². The number of imidazole rings is 2. The fourth-order valence-electron chi connectivity index (χ4n) is 5.66. The van der Waals surface area contributed by atoms with Crippen molar-refractivity contribution in [1.82, 2.24) is 19.1 Å². The molecule has 0 aliphatic carbocycles. The molecule has 10 unspecified atom stereocenters. The smallest absolute Gasteiger partial charge is 0.386 e. The summed E-state index contributed by atoms with van der Waals surface area (Å²) >= 11 is 47.2. The van der Waals surface area contributed by atoms with Gasteiger partial charge in [0.1, 0.15) is 36.6 Å². The lowest BCUT2D eigenvalue weighted by Crippen LogP contribution is -2.37. The van der Waals surface area contributed by atoms with Gasteiger partial charge in [-0.15, -0.1) is 0 Å². The second kappa shape index (κ2) is 13.4. The molecule has 4 bridgehead atoms. The van der Waals surface area contributed by atoms with Gasteiger partial charge in [-0.05, 0) is 59.3 Å². The number of ether oxygens (including phenoxy) is 2. The van der Waals surface area contributed by atoms with Gasteiger partial charge in [-0.3, -0.25) is 22.7 Å². The van der Waals surface area contributed by atoms with Crippen LogP contribution in [0.5, 0.6) is 0 Å². The lowest BCUT2D eigenvalue weighted by Gasteiger charge is -2.28. The SMILES string of the molecule is O=P1(S)OCC2OC(n3c(Cl)nc4cc(Cl)c(Cl)cc43)C(OP(O)(=S)OCC3OC(n4c(Cl)nc5cc(Cl)c(Cl)cc54)C(O1)C3O)C2O. The molecule has 0 saturated carbocycles. The van der Waals surface area contributed by atoms with Crippen molar-refractivity contribution in [3.8, 4) is 0 Å². The van der Waals surface area contributed by atoms with Gasteiger partial charge in [0, 0.05) is 0 Å². The molecule has 3 fully saturated rings. The Bertz CT molecular complexity index is 1900. The first kappa shape index (κ1) is 36.4. The molecule has 48 heavy (non-hydrogen) atoms. The molecule has 24 heteroatoms. The standard InChI is InChI=1S/C24H20Cl6N4O10P2S2/c25-7-1-11-13(3-9(7)27)33(23(29)31-11)21-19-17(35)15(41-21)5-39-46(38,48)44-20-18(36)16(6-40-45(37,47)43-19)42-22(20)34-14-4-10(28)8(26)2-12(14)32-24(34)30/h1-4,15-22,35-36H,5-6H2,(H,37,47)(H,38,48). The van der Waals surface area contributed by atoms with Crippen molar-refractivity contribution < 1.29 is 47.2 Å². The van der Waals surface area contributed by atoms with E-state index in [0.29, 0.717) is 22.1 Å². The Labute approximate surface area is 310 Å². The number of fused-ring (bicyclic) bond motifs is 6. The predicted molar refractivity (Wildman–Crippen MR) is 184 cm³/mol. The van der Waals surface area contributed by atoms with Crippen LogP contribution in [0.25, 0.3) is 22.1 Å². The Morgan fingerprint density at radius 1 is 0.750 bits per heavy atom. The van der Waals surface area contributed by atoms with Crippen molar-refractivity contribution in [1.29, 1.82) is 0 Å². The van der Waals surface area contributed by atoms with E-state index in [2.05, 4.69) is 22.2 Å². The van der Waals surface area contributed by atoms with E-state index in [1.54, 1.807) is 0 Å². The molecule has 2 aromatic heterocycles. The maximum absolute atomic E-state index is 13.7. The van der Waals surface area contributed by atoms with Crippen LogP contribution in [-0.2, 0) is 43.9 Å². The summed E-state index contributed by atoms with van der Waals surface area (Å²) in [6.07, 6.45) is -11.3. The number of aromatic nitrogens is 4. The summed E-state index contributed by atoms with van der Waals surface area (Å²) in [5, 5.41) is 23.2. The number of rotatable bonds is 2. The molecule has 14 nitrogen and oxygen atoms in total. The van der Waals surface area contributed by atoms with Crippen LogP contribution in [0.2, 0.25) is 30.7 Å². The largest absolute Gasteiger partial charge is 0.387 e. The fourth-order valence-corrected chi connectivity index (χ4v) is 9.73. The molecule has 4 aromatic rings. The minimum atomic E-state index is -4.39.